The Balaban J connectivity index is 4.17. The molecule has 0 rings (SSSR count). The molecule has 0 aliphatic heterocycles. The van der Waals surface area contributed by atoms with Gasteiger partial charge in [0.2, 0.25) is 0 Å². The standard InChI is InChI=1S/C10H20N2O4/c1-5-10(3,8(13)14)12-9(15)11-6-7(2)16-4/h7H,5-6H2,1-4H3,(H,13,14)(H2,11,12,15). The van der Waals surface area contributed by atoms with E-state index in [0.29, 0.717) is 13.0 Å². The van der Waals surface area contributed by atoms with Crippen molar-refractivity contribution in [1.82, 2.24) is 10.6 Å². The lowest BCUT2D eigenvalue weighted by Gasteiger charge is -2.25. The summed E-state index contributed by atoms with van der Waals surface area (Å²) in [7, 11) is 1.54. The predicted octanol–water partition coefficient (Wildman–Crippen LogP) is 0.574. The van der Waals surface area contributed by atoms with Crippen LogP contribution in [0.3, 0.4) is 0 Å². The van der Waals surface area contributed by atoms with Gasteiger partial charge in [-0.05, 0) is 20.3 Å². The number of carboxylic acid groups (broad SMARTS) is 1. The monoisotopic (exact) mass is 232 g/mol. The Hall–Kier alpha value is -1.30. The zero-order valence-electron chi connectivity index (χ0n) is 10.2. The van der Waals surface area contributed by atoms with Crippen molar-refractivity contribution in [2.75, 3.05) is 13.7 Å². The van der Waals surface area contributed by atoms with Gasteiger partial charge in [0.15, 0.2) is 0 Å². The summed E-state index contributed by atoms with van der Waals surface area (Å²) in [6.07, 6.45) is 0.207. The summed E-state index contributed by atoms with van der Waals surface area (Å²) in [6.45, 7) is 5.30. The van der Waals surface area contributed by atoms with Gasteiger partial charge in [-0.3, -0.25) is 0 Å². The van der Waals surface area contributed by atoms with E-state index < -0.39 is 17.5 Å². The molecule has 0 bridgehead atoms. The van der Waals surface area contributed by atoms with E-state index in [0.717, 1.165) is 0 Å². The van der Waals surface area contributed by atoms with Crippen LogP contribution < -0.4 is 10.6 Å². The average molecular weight is 232 g/mol. The Kier molecular flexibility index (Phi) is 5.81. The van der Waals surface area contributed by atoms with Gasteiger partial charge in [0.05, 0.1) is 6.10 Å². The summed E-state index contributed by atoms with van der Waals surface area (Å²) in [6, 6.07) is -0.504. The van der Waals surface area contributed by atoms with Crippen LogP contribution in [-0.2, 0) is 9.53 Å². The minimum absolute atomic E-state index is 0.108. The smallest absolute Gasteiger partial charge is 0.329 e. The van der Waals surface area contributed by atoms with Crippen molar-refractivity contribution in [3.8, 4) is 0 Å². The average Bonchev–Trinajstić information content (AvgIpc) is 2.25. The summed E-state index contributed by atoms with van der Waals surface area (Å²) in [5, 5.41) is 13.9. The van der Waals surface area contributed by atoms with Gasteiger partial charge in [-0.2, -0.15) is 0 Å². The number of carboxylic acids is 1. The van der Waals surface area contributed by atoms with Gasteiger partial charge in [-0.15, -0.1) is 0 Å². The fourth-order valence-corrected chi connectivity index (χ4v) is 0.908. The van der Waals surface area contributed by atoms with Gasteiger partial charge in [0.25, 0.3) is 0 Å². The number of urea groups is 1. The molecular weight excluding hydrogens is 212 g/mol. The van der Waals surface area contributed by atoms with Crippen molar-refractivity contribution in [3.63, 3.8) is 0 Å². The molecule has 0 saturated heterocycles. The Labute approximate surface area is 95.4 Å². The SMILES string of the molecule is CCC(C)(NC(=O)NCC(C)OC)C(=O)O. The van der Waals surface area contributed by atoms with Crippen LogP contribution in [0.4, 0.5) is 4.79 Å². The Bertz CT molecular complexity index is 257. The normalized spacial score (nSPS) is 16.0. The van der Waals surface area contributed by atoms with Crippen LogP contribution in [-0.4, -0.2) is 42.4 Å². The van der Waals surface area contributed by atoms with E-state index in [1.165, 1.54) is 14.0 Å². The zero-order valence-corrected chi connectivity index (χ0v) is 10.2. The van der Waals surface area contributed by atoms with Crippen LogP contribution in [0, 0.1) is 0 Å². The summed E-state index contributed by atoms with van der Waals surface area (Å²) >= 11 is 0. The number of nitrogens with one attached hydrogen (secondary N) is 2. The molecule has 0 radical (unpaired) electrons. The first kappa shape index (κ1) is 14.7. The molecule has 0 aromatic heterocycles. The summed E-state index contributed by atoms with van der Waals surface area (Å²) < 4.78 is 4.95. The number of hydrogen-bond acceptors (Lipinski definition) is 3. The van der Waals surface area contributed by atoms with E-state index in [1.54, 1.807) is 13.8 Å². The molecule has 0 aromatic carbocycles. The highest BCUT2D eigenvalue weighted by atomic mass is 16.5. The van der Waals surface area contributed by atoms with Crippen molar-refractivity contribution in [3.05, 3.63) is 0 Å². The number of hydrogen-bond donors (Lipinski definition) is 3. The van der Waals surface area contributed by atoms with Gasteiger partial charge in [0, 0.05) is 13.7 Å². The van der Waals surface area contributed by atoms with Crippen LogP contribution in [0.2, 0.25) is 0 Å². The highest BCUT2D eigenvalue weighted by Gasteiger charge is 2.32. The van der Waals surface area contributed by atoms with E-state index in [9.17, 15) is 9.59 Å². The largest absolute Gasteiger partial charge is 0.480 e. The van der Waals surface area contributed by atoms with Gasteiger partial charge in [-0.25, -0.2) is 9.59 Å². The van der Waals surface area contributed by atoms with Gasteiger partial charge in [0.1, 0.15) is 5.54 Å². The maximum atomic E-state index is 11.4. The maximum Gasteiger partial charge on any atom is 0.329 e. The van der Waals surface area contributed by atoms with Crippen molar-refractivity contribution in [2.24, 2.45) is 0 Å². The minimum Gasteiger partial charge on any atom is -0.480 e. The lowest BCUT2D eigenvalue weighted by molar-refractivity contribution is -0.143. The van der Waals surface area contributed by atoms with Crippen molar-refractivity contribution in [1.29, 1.82) is 0 Å². The first-order valence-corrected chi connectivity index (χ1v) is 5.18. The van der Waals surface area contributed by atoms with Gasteiger partial charge >= 0.3 is 12.0 Å². The van der Waals surface area contributed by atoms with E-state index in [2.05, 4.69) is 10.6 Å². The highest BCUT2D eigenvalue weighted by molar-refractivity contribution is 5.85. The molecule has 0 fully saturated rings. The van der Waals surface area contributed by atoms with Gasteiger partial charge in [-0.1, -0.05) is 6.92 Å². The maximum absolute atomic E-state index is 11.4. The quantitative estimate of drug-likeness (QED) is 0.625. The van der Waals surface area contributed by atoms with E-state index in [-0.39, 0.29) is 6.10 Å². The molecule has 6 heteroatoms. The molecule has 3 N–H and O–H groups in total. The number of aliphatic carboxylic acids is 1. The third-order valence-electron chi connectivity index (χ3n) is 2.52. The van der Waals surface area contributed by atoms with E-state index in [1.807, 2.05) is 0 Å². The third-order valence-corrected chi connectivity index (χ3v) is 2.52. The van der Waals surface area contributed by atoms with Crippen LogP contribution >= 0.6 is 0 Å². The highest BCUT2D eigenvalue weighted by Crippen LogP contribution is 2.08. The molecule has 16 heavy (non-hydrogen) atoms. The third kappa shape index (κ3) is 4.48. The Morgan fingerprint density at radius 3 is 2.44 bits per heavy atom. The van der Waals surface area contributed by atoms with Crippen LogP contribution in [0.15, 0.2) is 0 Å². The molecule has 0 aliphatic carbocycles. The van der Waals surface area contributed by atoms with Crippen molar-refractivity contribution in [2.45, 2.75) is 38.8 Å². The summed E-state index contributed by atoms with van der Waals surface area (Å²) in [4.78, 5) is 22.3. The fraction of sp³-hybridized carbons (Fsp3) is 0.800. The zero-order chi connectivity index (χ0) is 12.8. The predicted molar refractivity (Wildman–Crippen MR) is 59.3 cm³/mol. The van der Waals surface area contributed by atoms with Crippen LogP contribution in [0.1, 0.15) is 27.2 Å². The minimum atomic E-state index is -1.24. The van der Waals surface area contributed by atoms with Crippen molar-refractivity contribution < 1.29 is 19.4 Å². The molecule has 0 heterocycles. The lowest BCUT2D eigenvalue weighted by Crippen LogP contribution is -2.55. The number of rotatable bonds is 6. The summed E-state index contributed by atoms with van der Waals surface area (Å²) in [5.74, 6) is -1.05. The van der Waals surface area contributed by atoms with Gasteiger partial charge < -0.3 is 20.5 Å². The number of carbonyl (C=O) groups excluding carboxylic acids is 1. The summed E-state index contributed by atoms with van der Waals surface area (Å²) in [5.41, 5.74) is -1.24. The number of ether oxygens (including phenoxy) is 1. The molecule has 0 saturated carbocycles. The van der Waals surface area contributed by atoms with Crippen molar-refractivity contribution >= 4 is 12.0 Å². The molecular formula is C10H20N2O4. The number of amides is 2. The first-order chi connectivity index (χ1) is 7.35. The van der Waals surface area contributed by atoms with Crippen LogP contribution in [0.5, 0.6) is 0 Å². The van der Waals surface area contributed by atoms with E-state index in [4.69, 9.17) is 9.84 Å². The molecule has 2 amide bonds. The second-order valence-electron chi connectivity index (χ2n) is 3.87. The number of carbonyl (C=O) groups is 2. The van der Waals surface area contributed by atoms with Crippen LogP contribution in [0.25, 0.3) is 0 Å². The molecule has 6 nitrogen and oxygen atoms in total. The molecule has 0 aliphatic rings. The first-order valence-electron chi connectivity index (χ1n) is 5.18. The Morgan fingerprint density at radius 2 is 2.06 bits per heavy atom. The molecule has 2 unspecified atom stereocenters. The Morgan fingerprint density at radius 1 is 1.50 bits per heavy atom. The second-order valence-corrected chi connectivity index (χ2v) is 3.87. The molecule has 0 aromatic rings. The lowest BCUT2D eigenvalue weighted by atomic mass is 10.00. The van der Waals surface area contributed by atoms with E-state index >= 15 is 0 Å². The second kappa shape index (κ2) is 6.32. The molecule has 0 spiro atoms. The number of methoxy groups -OCH3 is 1. The molecule has 2 atom stereocenters. The fourth-order valence-electron chi connectivity index (χ4n) is 0.908. The molecule has 94 valence electrons. The topological polar surface area (TPSA) is 87.7 Å².